The van der Waals surface area contributed by atoms with E-state index in [0.717, 1.165) is 4.73 Å². The molecule has 0 saturated carbocycles. The lowest BCUT2D eigenvalue weighted by molar-refractivity contribution is -0.904. The molecule has 5 nitrogen and oxygen atoms in total. The van der Waals surface area contributed by atoms with Gasteiger partial charge in [0.05, 0.1) is 5.56 Å². The molecule has 2 heterocycles. The predicted molar refractivity (Wildman–Crippen MR) is 110 cm³/mol. The minimum absolute atomic E-state index is 0.0402. The quantitative estimate of drug-likeness (QED) is 0.318. The molecular formula is C18H22ClF3N3O2S2+. The number of pyridine rings is 1. The van der Waals surface area contributed by atoms with Crippen molar-refractivity contribution in [2.75, 3.05) is 23.0 Å². The Morgan fingerprint density at radius 3 is 2.83 bits per heavy atom. The van der Waals surface area contributed by atoms with E-state index in [1.54, 1.807) is 24.0 Å². The molecule has 0 fully saturated rings. The van der Waals surface area contributed by atoms with Gasteiger partial charge in [-0.15, -0.1) is 0 Å². The van der Waals surface area contributed by atoms with Gasteiger partial charge < -0.3 is 4.90 Å². The normalized spacial score (nSPS) is 12.8. The highest BCUT2D eigenvalue weighted by Gasteiger charge is 2.27. The molecule has 11 heteroatoms. The van der Waals surface area contributed by atoms with Crippen LogP contribution in [-0.4, -0.2) is 40.3 Å². The highest BCUT2D eigenvalue weighted by Crippen LogP contribution is 2.38. The second-order valence-electron chi connectivity index (χ2n) is 6.36. The molecule has 2 aromatic heterocycles. The van der Waals surface area contributed by atoms with E-state index in [0.29, 0.717) is 33.6 Å². The van der Waals surface area contributed by atoms with Crippen LogP contribution in [-0.2, 0) is 4.79 Å². The molecule has 0 bridgehead atoms. The monoisotopic (exact) mass is 468 g/mol. The second-order valence-corrected chi connectivity index (χ2v) is 8.85. The maximum Gasteiger partial charge on any atom is 0.389 e. The summed E-state index contributed by atoms with van der Waals surface area (Å²) in [6, 6.07) is 3.43. The molecule has 0 aliphatic rings. The van der Waals surface area contributed by atoms with Crippen molar-refractivity contribution in [1.82, 2.24) is 4.98 Å². The number of halogens is 4. The number of nitrogens with zero attached hydrogens (tertiary/aromatic N) is 3. The minimum Gasteiger partial charge on any atom is -0.301 e. The van der Waals surface area contributed by atoms with Gasteiger partial charge in [0.25, 0.3) is 0 Å². The summed E-state index contributed by atoms with van der Waals surface area (Å²) >= 11 is 8.85. The van der Waals surface area contributed by atoms with Crippen LogP contribution in [0.3, 0.4) is 0 Å². The summed E-state index contributed by atoms with van der Waals surface area (Å²) in [4.78, 5) is 18.7. The van der Waals surface area contributed by atoms with Crippen molar-refractivity contribution in [2.24, 2.45) is 5.92 Å². The highest BCUT2D eigenvalue weighted by molar-refractivity contribution is 7.99. The fraction of sp³-hybridized carbons (Fsp3) is 0.500. The molecule has 1 unspecified atom stereocenters. The van der Waals surface area contributed by atoms with Gasteiger partial charge in [0.2, 0.25) is 18.3 Å². The fourth-order valence-corrected chi connectivity index (χ4v) is 4.93. The Balaban J connectivity index is 2.02. The van der Waals surface area contributed by atoms with E-state index >= 15 is 0 Å². The molecular weight excluding hydrogens is 447 g/mol. The van der Waals surface area contributed by atoms with E-state index in [9.17, 15) is 23.2 Å². The van der Waals surface area contributed by atoms with E-state index in [4.69, 9.17) is 11.6 Å². The number of thioether (sulfide) groups is 1. The summed E-state index contributed by atoms with van der Waals surface area (Å²) in [5, 5.41) is 10.8. The van der Waals surface area contributed by atoms with Crippen molar-refractivity contribution in [2.45, 2.75) is 32.9 Å². The van der Waals surface area contributed by atoms with Crippen LogP contribution in [0.1, 0.15) is 26.7 Å². The molecule has 0 saturated heterocycles. The maximum atomic E-state index is 12.9. The first-order chi connectivity index (χ1) is 13.6. The van der Waals surface area contributed by atoms with E-state index in [2.05, 4.69) is 4.98 Å². The first-order valence-corrected chi connectivity index (χ1v) is 11.3. The number of aromatic nitrogens is 2. The van der Waals surface area contributed by atoms with Gasteiger partial charge in [0.1, 0.15) is 10.0 Å². The van der Waals surface area contributed by atoms with Crippen molar-refractivity contribution in [1.29, 1.82) is 0 Å². The van der Waals surface area contributed by atoms with E-state index < -0.39 is 12.6 Å². The van der Waals surface area contributed by atoms with E-state index in [-0.39, 0.29) is 23.4 Å². The van der Waals surface area contributed by atoms with Crippen molar-refractivity contribution in [3.8, 4) is 10.6 Å². The number of amides is 1. The summed E-state index contributed by atoms with van der Waals surface area (Å²) in [5.74, 6) is 0.255. The van der Waals surface area contributed by atoms with Crippen LogP contribution in [0.25, 0.3) is 10.6 Å². The Morgan fingerprint density at radius 2 is 2.21 bits per heavy atom. The molecule has 0 radical (unpaired) electrons. The van der Waals surface area contributed by atoms with Gasteiger partial charge in [-0.25, -0.2) is 4.98 Å². The highest BCUT2D eigenvalue weighted by atomic mass is 35.5. The van der Waals surface area contributed by atoms with Crippen LogP contribution in [0.2, 0.25) is 5.15 Å². The van der Waals surface area contributed by atoms with Gasteiger partial charge in [-0.3, -0.25) is 10.0 Å². The summed E-state index contributed by atoms with van der Waals surface area (Å²) < 4.78 is 37.5. The topological polar surface area (TPSA) is 57.3 Å². The largest absolute Gasteiger partial charge is 0.389 e. The van der Waals surface area contributed by atoms with Crippen LogP contribution < -0.4 is 9.63 Å². The molecule has 0 aliphatic heterocycles. The zero-order valence-corrected chi connectivity index (χ0v) is 18.3. The number of carbonyl (C=O) groups is 1. The summed E-state index contributed by atoms with van der Waals surface area (Å²) in [6.45, 7) is 3.96. The molecule has 0 spiro atoms. The van der Waals surface area contributed by atoms with Crippen molar-refractivity contribution >= 4 is 45.6 Å². The van der Waals surface area contributed by atoms with Crippen LogP contribution in [0.4, 0.5) is 18.2 Å². The third kappa shape index (κ3) is 7.04. The lowest BCUT2D eigenvalue weighted by atomic mass is 10.2. The average molecular weight is 469 g/mol. The van der Waals surface area contributed by atoms with Crippen molar-refractivity contribution in [3.63, 3.8) is 0 Å². The average Bonchev–Trinajstić information content (AvgIpc) is 3.02. The number of thiazole rings is 1. The Hall–Kier alpha value is -1.52. The Kier molecular flexibility index (Phi) is 8.59. The molecule has 2 aromatic rings. The molecule has 160 valence electrons. The summed E-state index contributed by atoms with van der Waals surface area (Å²) in [5.41, 5.74) is 0.657. The van der Waals surface area contributed by atoms with Gasteiger partial charge in [-0.2, -0.15) is 24.9 Å². The van der Waals surface area contributed by atoms with Crippen LogP contribution >= 0.6 is 34.7 Å². The van der Waals surface area contributed by atoms with Gasteiger partial charge in [0.15, 0.2) is 5.15 Å². The SMILES string of the molecule is CCN(C(=O)C(C)CSCCCC(F)(F)F)c1sc(-c2ccc[n+](O)c2)nc1Cl. The Morgan fingerprint density at radius 1 is 1.48 bits per heavy atom. The van der Waals surface area contributed by atoms with Gasteiger partial charge in [0, 0.05) is 35.4 Å². The van der Waals surface area contributed by atoms with E-state index in [1.807, 2.05) is 6.92 Å². The van der Waals surface area contributed by atoms with Crippen LogP contribution in [0.15, 0.2) is 24.5 Å². The first kappa shape index (κ1) is 23.8. The number of rotatable bonds is 9. The third-order valence-electron chi connectivity index (χ3n) is 3.97. The maximum absolute atomic E-state index is 12.9. The van der Waals surface area contributed by atoms with Gasteiger partial charge in [-0.1, -0.05) is 29.9 Å². The first-order valence-electron chi connectivity index (χ1n) is 8.95. The molecule has 0 aliphatic carbocycles. The number of anilines is 1. The Labute approximate surface area is 180 Å². The molecule has 1 amide bonds. The number of carbonyl (C=O) groups excluding carboxylic acids is 1. The van der Waals surface area contributed by atoms with Crippen molar-refractivity contribution < 1.29 is 27.9 Å². The third-order valence-corrected chi connectivity index (χ3v) is 6.78. The molecule has 2 rings (SSSR count). The zero-order valence-electron chi connectivity index (χ0n) is 15.9. The van der Waals surface area contributed by atoms with Crippen LogP contribution in [0, 0.1) is 5.92 Å². The number of hydrogen-bond donors (Lipinski definition) is 1. The second kappa shape index (κ2) is 10.5. The number of alkyl halides is 3. The van der Waals surface area contributed by atoms with E-state index in [1.165, 1.54) is 35.5 Å². The lowest BCUT2D eigenvalue weighted by Gasteiger charge is -2.23. The lowest BCUT2D eigenvalue weighted by Crippen LogP contribution is -2.35. The van der Waals surface area contributed by atoms with Gasteiger partial charge >= 0.3 is 6.18 Å². The van der Waals surface area contributed by atoms with Gasteiger partial charge in [-0.05, 0) is 25.2 Å². The van der Waals surface area contributed by atoms with Crippen LogP contribution in [0.5, 0.6) is 0 Å². The summed E-state index contributed by atoms with van der Waals surface area (Å²) in [6.07, 6.45) is -1.96. The molecule has 1 N–H and O–H groups in total. The zero-order chi connectivity index (χ0) is 21.6. The predicted octanol–water partition coefficient (Wildman–Crippen LogP) is 5.05. The summed E-state index contributed by atoms with van der Waals surface area (Å²) in [7, 11) is 0. The smallest absolute Gasteiger partial charge is 0.301 e. The standard InChI is InChI=1S/C18H22ClF3N3O2S2/c1-3-25(16(26)12(2)11-28-9-5-7-18(20,21)22)17-14(19)23-15(29-17)13-6-4-8-24(27)10-13/h4,6,8,10,12,27H,3,5,7,9,11H2,1-2H3/q+1. The molecule has 0 aromatic carbocycles. The molecule has 1 atom stereocenters. The number of hydrogen-bond acceptors (Lipinski definition) is 5. The fourth-order valence-electron chi connectivity index (χ4n) is 2.55. The molecule has 29 heavy (non-hydrogen) atoms. The Bertz CT molecular complexity index is 833. The minimum atomic E-state index is -4.14. The van der Waals surface area contributed by atoms with Crippen molar-refractivity contribution in [3.05, 3.63) is 29.7 Å².